The minimum Gasteiger partial charge on any atom is -0.358 e. The highest BCUT2D eigenvalue weighted by atomic mass is 32.1. The first-order chi connectivity index (χ1) is 9.68. The predicted octanol–water partition coefficient (Wildman–Crippen LogP) is 4.81. The summed E-state index contributed by atoms with van der Waals surface area (Å²) in [5.41, 5.74) is -3.67. The lowest BCUT2D eigenvalue weighted by Crippen LogP contribution is -2.43. The van der Waals surface area contributed by atoms with Gasteiger partial charge < -0.3 is 10.6 Å². The van der Waals surface area contributed by atoms with E-state index < -0.39 is 29.0 Å². The molecule has 124 valence electrons. The molecule has 1 aromatic carbocycles. The SMILES string of the molecule is CC(C)(C)NC(=S)Nc1cc(C(F)(F)F)cc(C(F)(F)F)c1. The molecule has 0 amide bonds. The number of halogens is 6. The Balaban J connectivity index is 3.17. The molecule has 0 spiro atoms. The first-order valence-corrected chi connectivity index (χ1v) is 6.48. The van der Waals surface area contributed by atoms with Gasteiger partial charge >= 0.3 is 12.4 Å². The quantitative estimate of drug-likeness (QED) is 0.565. The summed E-state index contributed by atoms with van der Waals surface area (Å²) in [7, 11) is 0. The van der Waals surface area contributed by atoms with E-state index in [-0.39, 0.29) is 16.9 Å². The van der Waals surface area contributed by atoms with Crippen LogP contribution in [0.25, 0.3) is 0 Å². The van der Waals surface area contributed by atoms with Crippen molar-refractivity contribution >= 4 is 23.0 Å². The van der Waals surface area contributed by atoms with Crippen LogP contribution < -0.4 is 10.6 Å². The molecule has 2 nitrogen and oxygen atoms in total. The zero-order valence-corrected chi connectivity index (χ0v) is 12.7. The highest BCUT2D eigenvalue weighted by Gasteiger charge is 2.37. The average Bonchev–Trinajstić information content (AvgIpc) is 2.23. The Labute approximate surface area is 128 Å². The molecule has 0 atom stereocenters. The van der Waals surface area contributed by atoms with Crippen LogP contribution in [-0.4, -0.2) is 10.7 Å². The van der Waals surface area contributed by atoms with Crippen LogP contribution in [-0.2, 0) is 12.4 Å². The van der Waals surface area contributed by atoms with Crippen molar-refractivity contribution in [1.29, 1.82) is 0 Å². The highest BCUT2D eigenvalue weighted by Crippen LogP contribution is 2.37. The molecular formula is C13H14F6N2S. The van der Waals surface area contributed by atoms with E-state index in [0.717, 1.165) is 0 Å². The third kappa shape index (κ3) is 5.70. The standard InChI is InChI=1S/C13H14F6N2S/c1-11(2,3)21-10(22)20-9-5-7(12(14,15)16)4-8(6-9)13(17,18)19/h4-6H,1-3H3,(H2,20,21,22). The molecule has 0 radical (unpaired) electrons. The van der Waals surface area contributed by atoms with E-state index in [9.17, 15) is 26.3 Å². The van der Waals surface area contributed by atoms with Crippen molar-refractivity contribution in [3.05, 3.63) is 29.3 Å². The van der Waals surface area contributed by atoms with Crippen molar-refractivity contribution in [2.24, 2.45) is 0 Å². The van der Waals surface area contributed by atoms with Crippen LogP contribution in [0.3, 0.4) is 0 Å². The van der Waals surface area contributed by atoms with Crippen molar-refractivity contribution in [3.63, 3.8) is 0 Å². The Morgan fingerprint density at radius 1 is 0.864 bits per heavy atom. The molecule has 0 aliphatic carbocycles. The second-order valence-corrected chi connectivity index (χ2v) is 6.03. The monoisotopic (exact) mass is 344 g/mol. The zero-order valence-electron chi connectivity index (χ0n) is 11.9. The van der Waals surface area contributed by atoms with E-state index >= 15 is 0 Å². The highest BCUT2D eigenvalue weighted by molar-refractivity contribution is 7.80. The first kappa shape index (κ1) is 18.5. The zero-order chi connectivity index (χ0) is 17.3. The summed E-state index contributed by atoms with van der Waals surface area (Å²) in [6.45, 7) is 5.23. The van der Waals surface area contributed by atoms with Gasteiger partial charge in [-0.2, -0.15) is 26.3 Å². The molecule has 22 heavy (non-hydrogen) atoms. The lowest BCUT2D eigenvalue weighted by atomic mass is 10.1. The summed E-state index contributed by atoms with van der Waals surface area (Å²) in [6, 6.07) is 1.21. The Hall–Kier alpha value is -1.51. The number of rotatable bonds is 1. The van der Waals surface area contributed by atoms with Crippen LogP contribution in [0.1, 0.15) is 31.9 Å². The third-order valence-corrected chi connectivity index (χ3v) is 2.54. The molecular weight excluding hydrogens is 330 g/mol. The van der Waals surface area contributed by atoms with Crippen LogP contribution in [0.15, 0.2) is 18.2 Å². The van der Waals surface area contributed by atoms with Gasteiger partial charge in [-0.15, -0.1) is 0 Å². The van der Waals surface area contributed by atoms with E-state index in [1.165, 1.54) is 0 Å². The molecule has 0 aliphatic rings. The average molecular weight is 344 g/mol. The van der Waals surface area contributed by atoms with Crippen molar-refractivity contribution in [2.45, 2.75) is 38.7 Å². The molecule has 2 N–H and O–H groups in total. The molecule has 1 aromatic rings. The second kappa shape index (κ2) is 5.94. The maximum absolute atomic E-state index is 12.7. The second-order valence-electron chi connectivity index (χ2n) is 5.62. The van der Waals surface area contributed by atoms with E-state index in [1.807, 2.05) is 0 Å². The van der Waals surface area contributed by atoms with Gasteiger partial charge in [-0.25, -0.2) is 0 Å². The molecule has 0 fully saturated rings. The van der Waals surface area contributed by atoms with Crippen LogP contribution in [0.5, 0.6) is 0 Å². The molecule has 0 saturated heterocycles. The molecule has 0 aromatic heterocycles. The predicted molar refractivity (Wildman–Crippen MR) is 75.6 cm³/mol. The minimum atomic E-state index is -4.89. The molecule has 0 heterocycles. The van der Waals surface area contributed by atoms with Crippen molar-refractivity contribution in [2.75, 3.05) is 5.32 Å². The molecule has 0 unspecified atom stereocenters. The van der Waals surface area contributed by atoms with E-state index in [4.69, 9.17) is 12.2 Å². The maximum atomic E-state index is 12.7. The van der Waals surface area contributed by atoms with E-state index in [1.54, 1.807) is 20.8 Å². The normalized spacial score (nSPS) is 13.0. The molecule has 0 aliphatic heterocycles. The third-order valence-electron chi connectivity index (χ3n) is 2.33. The van der Waals surface area contributed by atoms with Crippen LogP contribution >= 0.6 is 12.2 Å². The van der Waals surface area contributed by atoms with Crippen molar-refractivity contribution < 1.29 is 26.3 Å². The van der Waals surface area contributed by atoms with Gasteiger partial charge in [0.2, 0.25) is 0 Å². The summed E-state index contributed by atoms with van der Waals surface area (Å²) in [4.78, 5) is 0. The number of alkyl halides is 6. The topological polar surface area (TPSA) is 24.1 Å². The van der Waals surface area contributed by atoms with Gasteiger partial charge in [0.15, 0.2) is 5.11 Å². The Bertz CT molecular complexity index is 525. The Morgan fingerprint density at radius 3 is 1.59 bits per heavy atom. The first-order valence-electron chi connectivity index (χ1n) is 6.07. The fourth-order valence-corrected chi connectivity index (χ4v) is 1.95. The van der Waals surface area contributed by atoms with Gasteiger partial charge in [-0.05, 0) is 51.2 Å². The summed E-state index contributed by atoms with van der Waals surface area (Å²) in [6.07, 6.45) is -9.78. The van der Waals surface area contributed by atoms with Gasteiger partial charge in [-0.1, -0.05) is 0 Å². The van der Waals surface area contributed by atoms with Gasteiger partial charge in [-0.3, -0.25) is 0 Å². The number of thiocarbonyl (C=S) groups is 1. The number of hydrogen-bond donors (Lipinski definition) is 2. The number of benzene rings is 1. The van der Waals surface area contributed by atoms with Gasteiger partial charge in [0.05, 0.1) is 11.1 Å². The lowest BCUT2D eigenvalue weighted by Gasteiger charge is -2.23. The number of anilines is 1. The van der Waals surface area contributed by atoms with Gasteiger partial charge in [0, 0.05) is 11.2 Å². The number of hydrogen-bond acceptors (Lipinski definition) is 1. The lowest BCUT2D eigenvalue weighted by molar-refractivity contribution is -0.143. The summed E-state index contributed by atoms with van der Waals surface area (Å²) in [5, 5.41) is 5.02. The van der Waals surface area contributed by atoms with Crippen LogP contribution in [0, 0.1) is 0 Å². The molecule has 0 bridgehead atoms. The van der Waals surface area contributed by atoms with E-state index in [2.05, 4.69) is 10.6 Å². The Kier molecular flexibility index (Phi) is 5.01. The fourth-order valence-electron chi connectivity index (χ4n) is 1.53. The van der Waals surface area contributed by atoms with Crippen LogP contribution in [0.2, 0.25) is 0 Å². The summed E-state index contributed by atoms with van der Waals surface area (Å²) < 4.78 is 76.2. The maximum Gasteiger partial charge on any atom is 0.416 e. The largest absolute Gasteiger partial charge is 0.416 e. The molecule has 0 saturated carbocycles. The minimum absolute atomic E-state index is 0.0609. The van der Waals surface area contributed by atoms with Gasteiger partial charge in [0.25, 0.3) is 0 Å². The van der Waals surface area contributed by atoms with E-state index in [0.29, 0.717) is 12.1 Å². The Morgan fingerprint density at radius 2 is 1.27 bits per heavy atom. The van der Waals surface area contributed by atoms with Gasteiger partial charge in [0.1, 0.15) is 0 Å². The smallest absolute Gasteiger partial charge is 0.358 e. The number of nitrogens with one attached hydrogen (secondary N) is 2. The fraction of sp³-hybridized carbons (Fsp3) is 0.462. The van der Waals surface area contributed by atoms with Crippen molar-refractivity contribution in [3.8, 4) is 0 Å². The molecule has 1 rings (SSSR count). The molecule has 9 heteroatoms. The van der Waals surface area contributed by atoms with Crippen molar-refractivity contribution in [1.82, 2.24) is 5.32 Å². The van der Waals surface area contributed by atoms with Crippen LogP contribution in [0.4, 0.5) is 32.0 Å². The summed E-state index contributed by atoms with van der Waals surface area (Å²) >= 11 is 4.87. The summed E-state index contributed by atoms with van der Waals surface area (Å²) in [5.74, 6) is 0.